The minimum absolute atomic E-state index is 0.0184. The SMILES string of the molecule is CC(C)C(C)(C)NC1CCS(=O)(=O)C1. The van der Waals surface area contributed by atoms with Crippen LogP contribution in [0.15, 0.2) is 0 Å². The van der Waals surface area contributed by atoms with Crippen molar-refractivity contribution in [3.8, 4) is 0 Å². The lowest BCUT2D eigenvalue weighted by Gasteiger charge is -2.33. The van der Waals surface area contributed by atoms with Gasteiger partial charge in [0.1, 0.15) is 0 Å². The molecule has 0 aromatic carbocycles. The molecule has 0 aliphatic carbocycles. The smallest absolute Gasteiger partial charge is 0.151 e. The monoisotopic (exact) mass is 219 g/mol. The van der Waals surface area contributed by atoms with Gasteiger partial charge in [-0.15, -0.1) is 0 Å². The Kier molecular flexibility index (Phi) is 3.26. The van der Waals surface area contributed by atoms with Gasteiger partial charge in [0, 0.05) is 11.6 Å². The number of rotatable bonds is 3. The third kappa shape index (κ3) is 2.95. The van der Waals surface area contributed by atoms with Gasteiger partial charge in [-0.05, 0) is 26.2 Å². The van der Waals surface area contributed by atoms with Crippen LogP contribution in [0.1, 0.15) is 34.1 Å². The fraction of sp³-hybridized carbons (Fsp3) is 1.00. The average molecular weight is 219 g/mol. The summed E-state index contributed by atoms with van der Waals surface area (Å²) in [5.41, 5.74) is 0.0184. The standard InChI is InChI=1S/C10H21NO2S/c1-8(2)10(3,4)11-9-5-6-14(12,13)7-9/h8-9,11H,5-7H2,1-4H3. The van der Waals surface area contributed by atoms with Crippen molar-refractivity contribution in [3.63, 3.8) is 0 Å². The van der Waals surface area contributed by atoms with E-state index in [0.29, 0.717) is 17.4 Å². The minimum atomic E-state index is -2.76. The minimum Gasteiger partial charge on any atom is -0.308 e. The summed E-state index contributed by atoms with van der Waals surface area (Å²) in [7, 11) is -2.76. The van der Waals surface area contributed by atoms with Crippen molar-refractivity contribution < 1.29 is 8.42 Å². The van der Waals surface area contributed by atoms with E-state index in [1.807, 2.05) is 0 Å². The highest BCUT2D eigenvalue weighted by Gasteiger charge is 2.32. The summed E-state index contributed by atoms with van der Waals surface area (Å²) in [6.07, 6.45) is 0.762. The Labute approximate surface area is 87.2 Å². The third-order valence-corrected chi connectivity index (χ3v) is 5.02. The molecule has 1 aliphatic rings. The van der Waals surface area contributed by atoms with Gasteiger partial charge < -0.3 is 5.32 Å². The highest BCUT2D eigenvalue weighted by Crippen LogP contribution is 2.20. The van der Waals surface area contributed by atoms with Crippen LogP contribution in [-0.4, -0.2) is 31.5 Å². The summed E-state index contributed by atoms with van der Waals surface area (Å²) in [6, 6.07) is 0.150. The zero-order valence-corrected chi connectivity index (χ0v) is 10.3. The molecule has 1 N–H and O–H groups in total. The molecule has 1 heterocycles. The van der Waals surface area contributed by atoms with Gasteiger partial charge in [-0.3, -0.25) is 0 Å². The molecule has 0 aromatic heterocycles. The van der Waals surface area contributed by atoms with Crippen LogP contribution in [0.25, 0.3) is 0 Å². The molecule has 0 bridgehead atoms. The van der Waals surface area contributed by atoms with Crippen LogP contribution < -0.4 is 5.32 Å². The Balaban J connectivity index is 2.55. The molecule has 1 atom stereocenters. The van der Waals surface area contributed by atoms with E-state index in [1.54, 1.807) is 0 Å². The average Bonchev–Trinajstić information content (AvgIpc) is 2.28. The van der Waals surface area contributed by atoms with E-state index in [4.69, 9.17) is 0 Å². The molecule has 1 unspecified atom stereocenters. The fourth-order valence-corrected chi connectivity index (χ4v) is 3.27. The number of nitrogens with one attached hydrogen (secondary N) is 1. The summed E-state index contributed by atoms with van der Waals surface area (Å²) in [4.78, 5) is 0. The molecule has 0 radical (unpaired) electrons. The van der Waals surface area contributed by atoms with Crippen LogP contribution in [0, 0.1) is 5.92 Å². The molecule has 0 aromatic rings. The Morgan fingerprint density at radius 2 is 1.93 bits per heavy atom. The molecule has 1 aliphatic heterocycles. The van der Waals surface area contributed by atoms with Crippen LogP contribution in [0.5, 0.6) is 0 Å². The summed E-state index contributed by atoms with van der Waals surface area (Å²) in [6.45, 7) is 8.55. The summed E-state index contributed by atoms with van der Waals surface area (Å²) in [5.74, 6) is 1.16. The van der Waals surface area contributed by atoms with E-state index in [2.05, 4.69) is 33.0 Å². The molecular formula is C10H21NO2S. The second-order valence-corrected chi connectivity index (χ2v) is 7.35. The van der Waals surface area contributed by atoms with Gasteiger partial charge in [0.2, 0.25) is 0 Å². The number of sulfone groups is 1. The van der Waals surface area contributed by atoms with Crippen LogP contribution in [0.2, 0.25) is 0 Å². The van der Waals surface area contributed by atoms with E-state index in [9.17, 15) is 8.42 Å². The van der Waals surface area contributed by atoms with Crippen molar-refractivity contribution >= 4 is 9.84 Å². The van der Waals surface area contributed by atoms with Crippen LogP contribution in [-0.2, 0) is 9.84 Å². The zero-order valence-electron chi connectivity index (χ0n) is 9.50. The lowest BCUT2D eigenvalue weighted by Crippen LogP contribution is -2.49. The van der Waals surface area contributed by atoms with Crippen molar-refractivity contribution in [3.05, 3.63) is 0 Å². The Morgan fingerprint density at radius 1 is 1.36 bits per heavy atom. The Morgan fingerprint density at radius 3 is 2.29 bits per heavy atom. The molecule has 0 saturated carbocycles. The topological polar surface area (TPSA) is 46.2 Å². The first kappa shape index (κ1) is 12.0. The van der Waals surface area contributed by atoms with Crippen molar-refractivity contribution in [2.75, 3.05) is 11.5 Å². The first-order valence-corrected chi connectivity index (χ1v) is 7.03. The van der Waals surface area contributed by atoms with E-state index >= 15 is 0 Å². The number of hydrogen-bond acceptors (Lipinski definition) is 3. The van der Waals surface area contributed by atoms with Gasteiger partial charge in [-0.2, -0.15) is 0 Å². The molecule has 84 valence electrons. The van der Waals surface area contributed by atoms with Crippen LogP contribution in [0.4, 0.5) is 0 Å². The maximum absolute atomic E-state index is 11.3. The Hall–Kier alpha value is -0.0900. The summed E-state index contributed by atoms with van der Waals surface area (Å²) < 4.78 is 22.5. The van der Waals surface area contributed by atoms with E-state index in [0.717, 1.165) is 6.42 Å². The molecular weight excluding hydrogens is 198 g/mol. The molecule has 1 saturated heterocycles. The van der Waals surface area contributed by atoms with Gasteiger partial charge in [-0.1, -0.05) is 13.8 Å². The van der Waals surface area contributed by atoms with Crippen molar-refractivity contribution in [2.45, 2.75) is 45.7 Å². The first-order valence-electron chi connectivity index (χ1n) is 5.21. The van der Waals surface area contributed by atoms with Crippen LogP contribution in [0.3, 0.4) is 0 Å². The Bertz CT molecular complexity index is 293. The second kappa shape index (κ2) is 3.81. The lowest BCUT2D eigenvalue weighted by atomic mass is 9.90. The van der Waals surface area contributed by atoms with E-state index in [1.165, 1.54) is 0 Å². The van der Waals surface area contributed by atoms with Crippen molar-refractivity contribution in [1.29, 1.82) is 0 Å². The predicted molar refractivity (Wildman–Crippen MR) is 59.1 cm³/mol. The van der Waals surface area contributed by atoms with Crippen LogP contribution >= 0.6 is 0 Å². The maximum Gasteiger partial charge on any atom is 0.151 e. The third-order valence-electron chi connectivity index (χ3n) is 3.25. The quantitative estimate of drug-likeness (QED) is 0.776. The highest BCUT2D eigenvalue weighted by molar-refractivity contribution is 7.91. The van der Waals surface area contributed by atoms with Crippen molar-refractivity contribution in [1.82, 2.24) is 5.32 Å². The van der Waals surface area contributed by atoms with Crippen molar-refractivity contribution in [2.24, 2.45) is 5.92 Å². The van der Waals surface area contributed by atoms with E-state index in [-0.39, 0.29) is 11.6 Å². The predicted octanol–water partition coefficient (Wildman–Crippen LogP) is 1.20. The molecule has 3 nitrogen and oxygen atoms in total. The maximum atomic E-state index is 11.3. The molecule has 0 spiro atoms. The molecule has 1 fully saturated rings. The van der Waals surface area contributed by atoms with Gasteiger partial charge in [0.05, 0.1) is 11.5 Å². The zero-order chi connectivity index (χ0) is 11.0. The lowest BCUT2D eigenvalue weighted by molar-refractivity contribution is 0.262. The second-order valence-electron chi connectivity index (χ2n) is 5.12. The molecule has 1 rings (SSSR count). The van der Waals surface area contributed by atoms with Gasteiger partial charge in [-0.25, -0.2) is 8.42 Å². The normalized spacial score (nSPS) is 27.1. The van der Waals surface area contributed by atoms with Gasteiger partial charge >= 0.3 is 0 Å². The number of hydrogen-bond donors (Lipinski definition) is 1. The molecule has 14 heavy (non-hydrogen) atoms. The van der Waals surface area contributed by atoms with E-state index < -0.39 is 9.84 Å². The summed E-state index contributed by atoms with van der Waals surface area (Å²) in [5, 5.41) is 3.43. The largest absolute Gasteiger partial charge is 0.308 e. The fourth-order valence-electron chi connectivity index (χ4n) is 1.60. The van der Waals surface area contributed by atoms with Gasteiger partial charge in [0.25, 0.3) is 0 Å². The molecule has 4 heteroatoms. The first-order chi connectivity index (χ1) is 6.23. The van der Waals surface area contributed by atoms with Gasteiger partial charge in [0.15, 0.2) is 9.84 Å². The highest BCUT2D eigenvalue weighted by atomic mass is 32.2. The molecule has 0 amide bonds. The summed E-state index contributed by atoms with van der Waals surface area (Å²) >= 11 is 0.